The number of thioether (sulfide) groups is 1. The van der Waals surface area contributed by atoms with Crippen molar-refractivity contribution in [3.8, 4) is 11.8 Å². The molecule has 0 unspecified atom stereocenters. The molecule has 0 aliphatic carbocycles. The molecule has 3 rings (SSSR count). The van der Waals surface area contributed by atoms with E-state index in [0.29, 0.717) is 17.9 Å². The van der Waals surface area contributed by atoms with Gasteiger partial charge in [0, 0.05) is 11.6 Å². The van der Waals surface area contributed by atoms with Crippen LogP contribution in [0.4, 0.5) is 5.69 Å². The van der Waals surface area contributed by atoms with Crippen molar-refractivity contribution in [1.82, 2.24) is 5.32 Å². The summed E-state index contributed by atoms with van der Waals surface area (Å²) in [5.74, 6) is -4.06. The van der Waals surface area contributed by atoms with Crippen LogP contribution in [0.5, 0.6) is 5.75 Å². The zero-order valence-electron chi connectivity index (χ0n) is 20.6. The van der Waals surface area contributed by atoms with Gasteiger partial charge in [-0.05, 0) is 61.7 Å². The minimum atomic E-state index is -1.36. The summed E-state index contributed by atoms with van der Waals surface area (Å²) in [5, 5.41) is 16.0. The predicted octanol–water partition coefficient (Wildman–Crippen LogP) is 5.12. The molecular weight excluding hydrogens is 537 g/mol. The van der Waals surface area contributed by atoms with Crippen LogP contribution in [-0.4, -0.2) is 37.3 Å². The molecule has 2 N–H and O–H groups in total. The quantitative estimate of drug-likeness (QED) is 0.339. The smallest absolute Gasteiger partial charge is 0.319 e. The van der Waals surface area contributed by atoms with Crippen LogP contribution in [0.2, 0.25) is 10.0 Å². The number of rotatable bonds is 8. The van der Waals surface area contributed by atoms with E-state index < -0.39 is 23.7 Å². The monoisotopic (exact) mass is 561 g/mol. The highest BCUT2D eigenvalue weighted by Crippen LogP contribution is 2.44. The first-order valence-corrected chi connectivity index (χ1v) is 13.0. The average molecular weight is 562 g/mol. The molecule has 2 aromatic carbocycles. The fourth-order valence-electron chi connectivity index (χ4n) is 4.10. The van der Waals surface area contributed by atoms with E-state index in [9.17, 15) is 19.6 Å². The zero-order chi connectivity index (χ0) is 27.3. The highest BCUT2D eigenvalue weighted by Gasteiger charge is 2.44. The van der Waals surface area contributed by atoms with E-state index in [1.54, 1.807) is 6.92 Å². The summed E-state index contributed by atoms with van der Waals surface area (Å²) in [6.07, 6.45) is 0. The number of aryl methyl sites for hydroxylation is 2. The number of carbonyl (C=O) groups excluding carboxylic acids is 3. The molecule has 1 aliphatic heterocycles. The standard InChI is InChI=1S/C26H25Cl2N3O5S/c1-5-36-23-18(27)9-15(10-19(23)28)21-17(11-29)25(31-24(33)22(21)26(34)35-4)37-12-20(32)30-16-7-13(2)6-14(3)8-16/h6-10,21-22H,5,12H2,1-4H3,(H,30,32)(H,31,33)/t21-,22-/m1/s1. The molecule has 0 saturated heterocycles. The van der Waals surface area contributed by atoms with Crippen molar-refractivity contribution < 1.29 is 23.9 Å². The number of hydrogen-bond donors (Lipinski definition) is 2. The summed E-state index contributed by atoms with van der Waals surface area (Å²) in [6.45, 7) is 5.95. The molecule has 11 heteroatoms. The number of methoxy groups -OCH3 is 1. The van der Waals surface area contributed by atoms with Gasteiger partial charge in [0.2, 0.25) is 11.8 Å². The molecule has 0 bridgehead atoms. The Morgan fingerprint density at radius 1 is 1.14 bits per heavy atom. The number of nitrogens with zero attached hydrogens (tertiary/aromatic N) is 1. The molecule has 2 amide bonds. The summed E-state index contributed by atoms with van der Waals surface area (Å²) in [4.78, 5) is 38.3. The number of ether oxygens (including phenoxy) is 2. The van der Waals surface area contributed by atoms with E-state index in [1.165, 1.54) is 12.1 Å². The molecule has 2 atom stereocenters. The second kappa shape index (κ2) is 12.4. The normalized spacial score (nSPS) is 17.1. The van der Waals surface area contributed by atoms with Crippen molar-refractivity contribution in [1.29, 1.82) is 5.26 Å². The third-order valence-corrected chi connectivity index (χ3v) is 7.08. The second-order valence-corrected chi connectivity index (χ2v) is 10.1. The Hall–Kier alpha value is -3.19. The first-order chi connectivity index (χ1) is 17.6. The largest absolute Gasteiger partial charge is 0.491 e. The summed E-state index contributed by atoms with van der Waals surface area (Å²) in [6, 6.07) is 10.8. The van der Waals surface area contributed by atoms with Gasteiger partial charge in [0.05, 0.1) is 46.2 Å². The summed E-state index contributed by atoms with van der Waals surface area (Å²) >= 11 is 13.7. The van der Waals surface area contributed by atoms with Crippen molar-refractivity contribution in [2.75, 3.05) is 24.8 Å². The molecule has 2 aromatic rings. The van der Waals surface area contributed by atoms with Gasteiger partial charge in [-0.3, -0.25) is 14.4 Å². The van der Waals surface area contributed by atoms with Crippen LogP contribution in [0.25, 0.3) is 0 Å². The minimum absolute atomic E-state index is 0.0792. The molecule has 1 heterocycles. The maximum atomic E-state index is 13.0. The number of esters is 1. The number of hydrogen-bond acceptors (Lipinski definition) is 7. The molecule has 0 spiro atoms. The molecule has 0 saturated carbocycles. The number of allylic oxidation sites excluding steroid dienone is 1. The lowest BCUT2D eigenvalue weighted by atomic mass is 9.78. The molecule has 1 aliphatic rings. The molecule has 37 heavy (non-hydrogen) atoms. The van der Waals surface area contributed by atoms with E-state index in [4.69, 9.17) is 32.7 Å². The molecule has 0 aromatic heterocycles. The van der Waals surface area contributed by atoms with Crippen LogP contribution in [0.3, 0.4) is 0 Å². The van der Waals surface area contributed by atoms with Crippen LogP contribution in [0.1, 0.15) is 29.5 Å². The number of anilines is 1. The van der Waals surface area contributed by atoms with Gasteiger partial charge in [-0.2, -0.15) is 5.26 Å². The van der Waals surface area contributed by atoms with Crippen LogP contribution < -0.4 is 15.4 Å². The van der Waals surface area contributed by atoms with Crippen LogP contribution in [0.15, 0.2) is 40.9 Å². The molecule has 0 fully saturated rings. The van der Waals surface area contributed by atoms with Crippen molar-refractivity contribution in [2.45, 2.75) is 26.7 Å². The van der Waals surface area contributed by atoms with E-state index in [1.807, 2.05) is 32.0 Å². The second-order valence-electron chi connectivity index (χ2n) is 8.28. The van der Waals surface area contributed by atoms with Gasteiger partial charge in [0.25, 0.3) is 0 Å². The summed E-state index contributed by atoms with van der Waals surface area (Å²) in [7, 11) is 1.15. The number of benzene rings is 2. The fraction of sp³-hybridized carbons (Fsp3) is 0.308. The van der Waals surface area contributed by atoms with E-state index >= 15 is 0 Å². The van der Waals surface area contributed by atoms with Crippen molar-refractivity contribution in [3.63, 3.8) is 0 Å². The van der Waals surface area contributed by atoms with Crippen LogP contribution in [0, 0.1) is 31.1 Å². The SMILES string of the molecule is CCOc1c(Cl)cc([C@@H]2C(C#N)=C(SCC(=O)Nc3cc(C)cc(C)c3)NC(=O)[C@@H]2C(=O)OC)cc1Cl. The van der Waals surface area contributed by atoms with E-state index in [0.717, 1.165) is 30.0 Å². The Balaban J connectivity index is 1.96. The highest BCUT2D eigenvalue weighted by molar-refractivity contribution is 8.03. The van der Waals surface area contributed by atoms with Crippen LogP contribution in [-0.2, 0) is 19.1 Å². The van der Waals surface area contributed by atoms with Gasteiger partial charge in [0.1, 0.15) is 5.92 Å². The van der Waals surface area contributed by atoms with Gasteiger partial charge in [0.15, 0.2) is 5.75 Å². The van der Waals surface area contributed by atoms with Crippen molar-refractivity contribution in [2.24, 2.45) is 5.92 Å². The third kappa shape index (κ3) is 6.58. The number of carbonyl (C=O) groups is 3. The number of amides is 2. The maximum absolute atomic E-state index is 13.0. The first-order valence-electron chi connectivity index (χ1n) is 11.2. The Kier molecular flexibility index (Phi) is 9.49. The lowest BCUT2D eigenvalue weighted by molar-refractivity contribution is -0.150. The average Bonchev–Trinajstić information content (AvgIpc) is 2.83. The third-order valence-electron chi connectivity index (χ3n) is 5.51. The fourth-order valence-corrected chi connectivity index (χ4v) is 5.56. The van der Waals surface area contributed by atoms with Crippen molar-refractivity contribution in [3.05, 3.63) is 67.7 Å². The lowest BCUT2D eigenvalue weighted by Crippen LogP contribution is -2.44. The lowest BCUT2D eigenvalue weighted by Gasteiger charge is -2.31. The zero-order valence-corrected chi connectivity index (χ0v) is 22.9. The van der Waals surface area contributed by atoms with Gasteiger partial charge >= 0.3 is 5.97 Å². The Labute approximate surface area is 229 Å². The van der Waals surface area contributed by atoms with Crippen LogP contribution >= 0.6 is 35.0 Å². The molecular formula is C26H25Cl2N3O5S. The molecule has 0 radical (unpaired) electrons. The predicted molar refractivity (Wildman–Crippen MR) is 144 cm³/mol. The molecule has 194 valence electrons. The molecule has 8 nitrogen and oxygen atoms in total. The summed E-state index contributed by atoms with van der Waals surface area (Å²) < 4.78 is 10.3. The Morgan fingerprint density at radius 2 is 1.76 bits per heavy atom. The van der Waals surface area contributed by atoms with Crippen molar-refractivity contribution >= 4 is 58.4 Å². The number of nitrogens with one attached hydrogen (secondary N) is 2. The topological polar surface area (TPSA) is 118 Å². The van der Waals surface area contributed by atoms with Gasteiger partial charge in [-0.25, -0.2) is 0 Å². The Morgan fingerprint density at radius 3 is 2.30 bits per heavy atom. The van der Waals surface area contributed by atoms with E-state index in [2.05, 4.69) is 16.7 Å². The number of halogens is 2. The van der Waals surface area contributed by atoms with E-state index in [-0.39, 0.29) is 38.1 Å². The van der Waals surface area contributed by atoms with Gasteiger partial charge in [-0.1, -0.05) is 41.0 Å². The van der Waals surface area contributed by atoms with Gasteiger partial charge < -0.3 is 20.1 Å². The van der Waals surface area contributed by atoms with Gasteiger partial charge in [-0.15, -0.1) is 0 Å². The number of nitriles is 1. The highest BCUT2D eigenvalue weighted by atomic mass is 35.5. The minimum Gasteiger partial charge on any atom is -0.491 e. The first kappa shape index (κ1) is 28.4. The Bertz CT molecular complexity index is 1280. The summed E-state index contributed by atoms with van der Waals surface area (Å²) in [5.41, 5.74) is 3.09. The maximum Gasteiger partial charge on any atom is 0.319 e.